The molecule has 1 aromatic heterocycles. The molecule has 0 radical (unpaired) electrons. The van der Waals surface area contributed by atoms with Gasteiger partial charge in [0, 0.05) is 50.2 Å². The largest absolute Gasteiger partial charge is 0.421 e. The average molecular weight is 553 g/mol. The molecule has 208 valence electrons. The maximum Gasteiger partial charge on any atom is 0.421 e. The van der Waals surface area contributed by atoms with E-state index >= 15 is 0 Å². The van der Waals surface area contributed by atoms with Crippen molar-refractivity contribution in [2.75, 3.05) is 55.1 Å². The van der Waals surface area contributed by atoms with E-state index in [1.165, 1.54) is 6.07 Å². The number of alkyl halides is 6. The number of aromatic nitrogens is 2. The van der Waals surface area contributed by atoms with Gasteiger partial charge >= 0.3 is 12.4 Å². The standard InChI is InChI=1S/C26H26F6N6O/c1-36-8-10-37(11-9-36)20-14-18(25(27,28)29)13-19(15-20)34-24-33-16-21(26(30,31)32)23(35-24)38-22(7-12-39-38)17-5-3-2-4-6-17/h2-6,13-16,22H,7-12H2,1H3,(H,33,34,35). The molecule has 0 amide bonds. The number of likely N-dealkylation sites (N-methyl/N-ethyl adjacent to an activating group) is 1. The Balaban J connectivity index is 1.51. The van der Waals surface area contributed by atoms with Crippen LogP contribution in [0.5, 0.6) is 0 Å². The third kappa shape index (κ3) is 6.04. The van der Waals surface area contributed by atoms with E-state index in [0.717, 1.165) is 22.8 Å². The zero-order valence-electron chi connectivity index (χ0n) is 20.9. The van der Waals surface area contributed by atoms with Crippen LogP contribution in [0, 0.1) is 0 Å². The lowest BCUT2D eigenvalue weighted by atomic mass is 10.0. The van der Waals surface area contributed by atoms with E-state index in [9.17, 15) is 26.3 Å². The van der Waals surface area contributed by atoms with Gasteiger partial charge in [-0.05, 0) is 30.8 Å². The van der Waals surface area contributed by atoms with Gasteiger partial charge in [-0.15, -0.1) is 0 Å². The molecule has 0 saturated carbocycles. The van der Waals surface area contributed by atoms with E-state index < -0.39 is 35.3 Å². The minimum atomic E-state index is -4.79. The van der Waals surface area contributed by atoms with Crippen LogP contribution in [0.4, 0.5) is 49.5 Å². The Morgan fingerprint density at radius 3 is 2.31 bits per heavy atom. The molecule has 2 aliphatic rings. The van der Waals surface area contributed by atoms with Gasteiger partial charge in [0.05, 0.1) is 18.2 Å². The van der Waals surface area contributed by atoms with Crippen LogP contribution in [-0.2, 0) is 17.2 Å². The molecule has 2 aromatic carbocycles. The number of hydroxylamine groups is 1. The fourth-order valence-electron chi connectivity index (χ4n) is 4.68. The minimum absolute atomic E-state index is 0.00594. The molecule has 1 N–H and O–H groups in total. The number of rotatable bonds is 5. The summed E-state index contributed by atoms with van der Waals surface area (Å²) in [6.45, 7) is 2.61. The molecule has 13 heteroatoms. The summed E-state index contributed by atoms with van der Waals surface area (Å²) in [5, 5.41) is 3.80. The summed E-state index contributed by atoms with van der Waals surface area (Å²) < 4.78 is 83.0. The number of halogens is 6. The van der Waals surface area contributed by atoms with Crippen molar-refractivity contribution < 1.29 is 31.2 Å². The molecular formula is C26H26F6N6O. The number of nitrogens with one attached hydrogen (secondary N) is 1. The molecule has 3 aromatic rings. The molecule has 1 unspecified atom stereocenters. The lowest BCUT2D eigenvalue weighted by molar-refractivity contribution is -0.138. The molecule has 2 aliphatic heterocycles. The highest BCUT2D eigenvalue weighted by Gasteiger charge is 2.41. The molecule has 2 fully saturated rings. The molecule has 1 atom stereocenters. The Bertz CT molecular complexity index is 1290. The zero-order valence-corrected chi connectivity index (χ0v) is 20.9. The molecule has 7 nitrogen and oxygen atoms in total. The molecule has 39 heavy (non-hydrogen) atoms. The van der Waals surface area contributed by atoms with Crippen LogP contribution < -0.4 is 15.3 Å². The second kappa shape index (κ2) is 10.5. The normalized spacial score (nSPS) is 19.0. The van der Waals surface area contributed by atoms with Gasteiger partial charge in [0.15, 0.2) is 5.82 Å². The van der Waals surface area contributed by atoms with Gasteiger partial charge in [0.1, 0.15) is 5.56 Å². The molecule has 0 aliphatic carbocycles. The first-order valence-electron chi connectivity index (χ1n) is 12.3. The van der Waals surface area contributed by atoms with Crippen molar-refractivity contribution in [1.82, 2.24) is 14.9 Å². The van der Waals surface area contributed by atoms with E-state index in [2.05, 4.69) is 20.2 Å². The summed E-state index contributed by atoms with van der Waals surface area (Å²) in [5.41, 5.74) is -0.907. The van der Waals surface area contributed by atoms with Gasteiger partial charge < -0.3 is 15.1 Å². The number of benzene rings is 2. The monoisotopic (exact) mass is 552 g/mol. The maximum atomic E-state index is 13.9. The molecule has 0 bridgehead atoms. The summed E-state index contributed by atoms with van der Waals surface area (Å²) in [6, 6.07) is 11.8. The number of anilines is 4. The maximum absolute atomic E-state index is 13.9. The van der Waals surface area contributed by atoms with Crippen molar-refractivity contribution in [2.45, 2.75) is 24.8 Å². The van der Waals surface area contributed by atoms with Crippen LogP contribution in [-0.4, -0.2) is 54.7 Å². The van der Waals surface area contributed by atoms with Crippen LogP contribution in [0.3, 0.4) is 0 Å². The van der Waals surface area contributed by atoms with E-state index in [4.69, 9.17) is 4.84 Å². The van der Waals surface area contributed by atoms with Crippen molar-refractivity contribution in [1.29, 1.82) is 0 Å². The minimum Gasteiger partial charge on any atom is -0.369 e. The van der Waals surface area contributed by atoms with Crippen LogP contribution in [0.15, 0.2) is 54.7 Å². The zero-order chi connectivity index (χ0) is 27.8. The first kappa shape index (κ1) is 27.0. The van der Waals surface area contributed by atoms with Crippen molar-refractivity contribution in [2.24, 2.45) is 0 Å². The third-order valence-electron chi connectivity index (χ3n) is 6.74. The van der Waals surface area contributed by atoms with Gasteiger partial charge in [-0.25, -0.2) is 10.0 Å². The van der Waals surface area contributed by atoms with E-state index in [1.54, 1.807) is 30.3 Å². The lowest BCUT2D eigenvalue weighted by Crippen LogP contribution is -2.44. The van der Waals surface area contributed by atoms with Crippen molar-refractivity contribution in [3.8, 4) is 0 Å². The van der Waals surface area contributed by atoms with E-state index in [-0.39, 0.29) is 18.2 Å². The molecular weight excluding hydrogens is 526 g/mol. The highest BCUT2D eigenvalue weighted by atomic mass is 19.4. The summed E-state index contributed by atoms with van der Waals surface area (Å²) >= 11 is 0. The van der Waals surface area contributed by atoms with E-state index in [0.29, 0.717) is 44.5 Å². The number of hydrogen-bond donors (Lipinski definition) is 1. The van der Waals surface area contributed by atoms with Crippen molar-refractivity contribution in [3.05, 3.63) is 71.4 Å². The number of hydrogen-bond acceptors (Lipinski definition) is 7. The van der Waals surface area contributed by atoms with Gasteiger partial charge in [-0.1, -0.05) is 30.3 Å². The molecule has 2 saturated heterocycles. The third-order valence-corrected chi connectivity index (χ3v) is 6.74. The fourth-order valence-corrected chi connectivity index (χ4v) is 4.68. The summed E-state index contributed by atoms with van der Waals surface area (Å²) in [5.74, 6) is -0.804. The highest BCUT2D eigenvalue weighted by molar-refractivity contribution is 5.65. The predicted octanol–water partition coefficient (Wildman–Crippen LogP) is 5.89. The van der Waals surface area contributed by atoms with Crippen LogP contribution >= 0.6 is 0 Å². The second-order valence-electron chi connectivity index (χ2n) is 9.48. The highest BCUT2D eigenvalue weighted by Crippen LogP contribution is 2.42. The Kier molecular flexibility index (Phi) is 7.29. The lowest BCUT2D eigenvalue weighted by Gasteiger charge is -2.34. The first-order chi connectivity index (χ1) is 18.5. The molecule has 3 heterocycles. The predicted molar refractivity (Wildman–Crippen MR) is 134 cm³/mol. The quantitative estimate of drug-likeness (QED) is 0.396. The molecule has 0 spiro atoms. The Hall–Kier alpha value is -3.58. The topological polar surface area (TPSA) is 56.8 Å². The second-order valence-corrected chi connectivity index (χ2v) is 9.48. The van der Waals surface area contributed by atoms with Gasteiger partial charge in [0.25, 0.3) is 0 Å². The van der Waals surface area contributed by atoms with Gasteiger partial charge in [-0.2, -0.15) is 31.3 Å². The summed E-state index contributed by atoms with van der Waals surface area (Å²) in [4.78, 5) is 17.4. The van der Waals surface area contributed by atoms with E-state index in [1.807, 2.05) is 11.9 Å². The average Bonchev–Trinajstić information content (AvgIpc) is 3.38. The SMILES string of the molecule is CN1CCN(c2cc(Nc3ncc(C(F)(F)F)c(N4OCCC4c4ccccc4)n3)cc(C(F)(F)F)c2)CC1. The van der Waals surface area contributed by atoms with Gasteiger partial charge in [-0.3, -0.25) is 4.84 Å². The van der Waals surface area contributed by atoms with Crippen LogP contribution in [0.2, 0.25) is 0 Å². The van der Waals surface area contributed by atoms with Crippen LogP contribution in [0.25, 0.3) is 0 Å². The number of piperazine rings is 1. The summed E-state index contributed by atoms with van der Waals surface area (Å²) in [6.07, 6.45) is -8.37. The number of nitrogens with zero attached hydrogens (tertiary/aromatic N) is 5. The van der Waals surface area contributed by atoms with Crippen molar-refractivity contribution >= 4 is 23.1 Å². The Morgan fingerprint density at radius 2 is 1.64 bits per heavy atom. The molecule has 5 rings (SSSR count). The smallest absolute Gasteiger partial charge is 0.369 e. The van der Waals surface area contributed by atoms with Crippen molar-refractivity contribution in [3.63, 3.8) is 0 Å². The Morgan fingerprint density at radius 1 is 0.923 bits per heavy atom. The van der Waals surface area contributed by atoms with Gasteiger partial charge in [0.2, 0.25) is 5.95 Å². The summed E-state index contributed by atoms with van der Waals surface area (Å²) in [7, 11) is 1.93. The fraction of sp³-hybridized carbons (Fsp3) is 0.385. The Labute approximate surface area is 221 Å². The first-order valence-corrected chi connectivity index (χ1v) is 12.3. The van der Waals surface area contributed by atoms with Crippen LogP contribution in [0.1, 0.15) is 29.2 Å².